The molecule has 9 heteroatoms. The quantitative estimate of drug-likeness (QED) is 0.0307. The lowest BCUT2D eigenvalue weighted by atomic mass is 10.2. The summed E-state index contributed by atoms with van der Waals surface area (Å²) in [5, 5.41) is 7.89. The van der Waals surface area contributed by atoms with Gasteiger partial charge in [0.1, 0.15) is 0 Å². The second-order valence-electron chi connectivity index (χ2n) is 16.0. The van der Waals surface area contributed by atoms with E-state index in [4.69, 9.17) is 33.7 Å². The van der Waals surface area contributed by atoms with Gasteiger partial charge in [-0.05, 0) is 106 Å². The Morgan fingerprint density at radius 1 is 0.290 bits per heavy atom. The van der Waals surface area contributed by atoms with Crippen LogP contribution in [0.15, 0.2) is 228 Å². The Hall–Kier alpha value is -6.24. The molecule has 0 atom stereocenters. The third-order valence-electron chi connectivity index (χ3n) is 10.9. The first-order chi connectivity index (χ1) is 34.2. The van der Waals surface area contributed by atoms with Crippen LogP contribution in [0.4, 0.5) is 11.4 Å². The highest BCUT2D eigenvalue weighted by Crippen LogP contribution is 2.34. The molecule has 8 rings (SSSR count). The van der Waals surface area contributed by atoms with Crippen molar-refractivity contribution in [2.24, 2.45) is 9.98 Å². The summed E-state index contributed by atoms with van der Waals surface area (Å²) in [6, 6.07) is 76.7. The Balaban J connectivity index is 0.668. The fourth-order valence-electron chi connectivity index (χ4n) is 7.60. The number of rotatable bonds is 26. The summed E-state index contributed by atoms with van der Waals surface area (Å²) in [5.74, 6) is 0. The molecule has 0 aromatic heterocycles. The van der Waals surface area contributed by atoms with Gasteiger partial charge in [-0.3, -0.25) is 9.98 Å². The van der Waals surface area contributed by atoms with Crippen LogP contribution in [0.5, 0.6) is 0 Å². The van der Waals surface area contributed by atoms with Crippen LogP contribution < -0.4 is 31.8 Å². The minimum atomic E-state index is -0.678. The molecule has 0 fully saturated rings. The molecular weight excluding hydrogens is 891 g/mol. The van der Waals surface area contributed by atoms with Gasteiger partial charge >= 0.3 is 0 Å². The van der Waals surface area contributed by atoms with Gasteiger partial charge in [0.05, 0.1) is 77.4 Å². The minimum absolute atomic E-state index is 0.488. The van der Waals surface area contributed by atoms with Crippen LogP contribution in [-0.4, -0.2) is 65.3 Å². The van der Waals surface area contributed by atoms with Crippen molar-refractivity contribution in [2.75, 3.05) is 52.9 Å². The van der Waals surface area contributed by atoms with Crippen molar-refractivity contribution < 1.29 is 23.7 Å². The van der Waals surface area contributed by atoms with E-state index in [1.54, 1.807) is 0 Å². The van der Waals surface area contributed by atoms with Crippen molar-refractivity contribution in [3.63, 3.8) is 0 Å². The summed E-state index contributed by atoms with van der Waals surface area (Å²) >= 11 is 0. The first-order valence-electron chi connectivity index (χ1n) is 23.4. The highest BCUT2D eigenvalue weighted by atomic mass is 31.1. The monoisotopic (exact) mass is 948 g/mol. The molecule has 0 amide bonds. The van der Waals surface area contributed by atoms with Crippen molar-refractivity contribution >= 4 is 71.5 Å². The molecule has 0 radical (unpaired) electrons. The number of benzene rings is 8. The van der Waals surface area contributed by atoms with Crippen LogP contribution in [0.2, 0.25) is 0 Å². The van der Waals surface area contributed by atoms with E-state index >= 15 is 0 Å². The van der Waals surface area contributed by atoms with Gasteiger partial charge in [0.25, 0.3) is 0 Å². The van der Waals surface area contributed by atoms with Crippen molar-refractivity contribution in [1.82, 2.24) is 0 Å². The third kappa shape index (κ3) is 15.9. The summed E-state index contributed by atoms with van der Waals surface area (Å²) in [5.41, 5.74) is 6.04. The minimum Gasteiger partial charge on any atom is -0.377 e. The zero-order valence-corrected chi connectivity index (χ0v) is 40.6. The molecule has 0 bridgehead atoms. The fourth-order valence-corrected chi connectivity index (χ4v) is 12.3. The van der Waals surface area contributed by atoms with Gasteiger partial charge in [-0.15, -0.1) is 0 Å². The maximum Gasteiger partial charge on any atom is 0.0718 e. The molecule has 8 aromatic carbocycles. The average Bonchev–Trinajstić information content (AvgIpc) is 3.40. The van der Waals surface area contributed by atoms with Crippen LogP contribution in [0, 0.1) is 0 Å². The molecule has 0 aliphatic heterocycles. The van der Waals surface area contributed by atoms with Crippen LogP contribution >= 0.6 is 15.8 Å². The highest BCUT2D eigenvalue weighted by molar-refractivity contribution is 7.80. The summed E-state index contributed by atoms with van der Waals surface area (Å²) in [6.45, 7) is 4.93. The normalized spacial score (nSPS) is 11.6. The lowest BCUT2D eigenvalue weighted by Crippen LogP contribution is -2.20. The molecule has 0 saturated carbocycles. The van der Waals surface area contributed by atoms with Gasteiger partial charge < -0.3 is 23.7 Å². The van der Waals surface area contributed by atoms with E-state index in [2.05, 4.69) is 194 Å². The lowest BCUT2D eigenvalue weighted by molar-refractivity contribution is -0.0138. The number of ether oxygens (including phenoxy) is 5. The van der Waals surface area contributed by atoms with Gasteiger partial charge in [-0.1, -0.05) is 182 Å². The van der Waals surface area contributed by atoms with Crippen LogP contribution in [0.3, 0.4) is 0 Å². The van der Waals surface area contributed by atoms with Crippen molar-refractivity contribution in [1.29, 1.82) is 0 Å². The zero-order chi connectivity index (χ0) is 47.0. The van der Waals surface area contributed by atoms with E-state index < -0.39 is 15.8 Å². The Morgan fingerprint density at radius 3 is 0.942 bits per heavy atom. The molecule has 8 aromatic rings. The molecule has 348 valence electrons. The van der Waals surface area contributed by atoms with E-state index in [9.17, 15) is 0 Å². The van der Waals surface area contributed by atoms with Gasteiger partial charge in [0.15, 0.2) is 0 Å². The number of nitrogens with zero attached hydrogens (tertiary/aromatic N) is 2. The van der Waals surface area contributed by atoms with Crippen LogP contribution in [-0.2, 0) is 36.9 Å². The first kappa shape index (κ1) is 49.2. The lowest BCUT2D eigenvalue weighted by Gasteiger charge is -2.19. The van der Waals surface area contributed by atoms with Gasteiger partial charge in [0.2, 0.25) is 0 Å². The van der Waals surface area contributed by atoms with E-state index in [0.717, 1.165) is 33.6 Å². The molecule has 0 saturated heterocycles. The first-order valence-corrected chi connectivity index (χ1v) is 26.1. The van der Waals surface area contributed by atoms with Gasteiger partial charge in [-0.2, -0.15) is 0 Å². The van der Waals surface area contributed by atoms with E-state index in [1.165, 1.54) is 31.8 Å². The van der Waals surface area contributed by atoms with Crippen molar-refractivity contribution in [3.05, 3.63) is 241 Å². The predicted octanol–water partition coefficient (Wildman–Crippen LogP) is 10.5. The maximum absolute atomic E-state index is 5.90. The molecular formula is C60H58N2O5P2. The van der Waals surface area contributed by atoms with E-state index in [-0.39, 0.29) is 0 Å². The topological polar surface area (TPSA) is 70.9 Å². The molecule has 0 heterocycles. The van der Waals surface area contributed by atoms with Gasteiger partial charge in [-0.25, -0.2) is 0 Å². The highest BCUT2D eigenvalue weighted by Gasteiger charge is 2.17. The average molecular weight is 949 g/mol. The predicted molar refractivity (Wildman–Crippen MR) is 289 cm³/mol. The van der Waals surface area contributed by atoms with Gasteiger partial charge in [0, 0.05) is 12.4 Å². The second-order valence-corrected chi connectivity index (χ2v) is 20.4. The van der Waals surface area contributed by atoms with Crippen molar-refractivity contribution in [3.8, 4) is 0 Å². The second kappa shape index (κ2) is 27.7. The number of aliphatic imine (C=N–C) groups is 2. The SMILES string of the molecule is C(=Nc1cccc(COCCOCCOCCOCCOCc2cccc(N=Cc3cccc(P(c4ccccc4)c4ccccc4)c3)c2)c1)c1cccc(P(c2ccccc2)c2ccccc2)c1. The molecule has 0 aliphatic rings. The molecule has 7 nitrogen and oxygen atoms in total. The smallest absolute Gasteiger partial charge is 0.0718 e. The Kier molecular flexibility index (Phi) is 19.7. The zero-order valence-electron chi connectivity index (χ0n) is 38.8. The molecule has 0 unspecified atom stereocenters. The van der Waals surface area contributed by atoms with Crippen LogP contribution in [0.1, 0.15) is 22.3 Å². The molecule has 0 aliphatic carbocycles. The standard InChI is InChI=1S/C60H58N2O5P2/c1-5-23-55(24-6-1)68(56-25-7-2-8-26-56)59-31-15-17-49(43-59)45-61-53-21-13-19-51(41-53)47-66-39-37-64-35-33-63-34-36-65-38-40-67-48-52-20-14-22-54(42-52)62-46-50-18-16-32-60(44-50)69(57-27-9-3-10-28-57)58-29-11-4-12-30-58/h1-32,41-46H,33-40,47-48H2. The fraction of sp³-hybridized carbons (Fsp3) is 0.167. The molecule has 69 heavy (non-hydrogen) atoms. The summed E-state index contributed by atoms with van der Waals surface area (Å²) in [7, 11) is -1.36. The summed E-state index contributed by atoms with van der Waals surface area (Å²) < 4.78 is 28.9. The number of hydrogen-bond donors (Lipinski definition) is 0. The molecule has 0 N–H and O–H groups in total. The largest absolute Gasteiger partial charge is 0.377 e. The van der Waals surface area contributed by atoms with Crippen LogP contribution in [0.25, 0.3) is 0 Å². The van der Waals surface area contributed by atoms with E-state index in [0.29, 0.717) is 66.1 Å². The Labute approximate surface area is 410 Å². The molecule has 0 spiro atoms. The maximum atomic E-state index is 5.90. The summed E-state index contributed by atoms with van der Waals surface area (Å²) in [6.07, 6.45) is 3.89. The Morgan fingerprint density at radius 2 is 0.594 bits per heavy atom. The third-order valence-corrected chi connectivity index (χ3v) is 15.7. The Bertz CT molecular complexity index is 2520. The number of hydrogen-bond acceptors (Lipinski definition) is 7. The van der Waals surface area contributed by atoms with Crippen molar-refractivity contribution in [2.45, 2.75) is 13.2 Å². The summed E-state index contributed by atoms with van der Waals surface area (Å²) in [4.78, 5) is 9.63. The van der Waals surface area contributed by atoms with E-state index in [1.807, 2.05) is 36.7 Å².